The number of thiazole rings is 1. The number of nitrogens with one attached hydrogen (secondary N) is 1. The minimum atomic E-state index is -0.621. The number of aromatic nitrogens is 2. The van der Waals surface area contributed by atoms with Gasteiger partial charge in [0, 0.05) is 24.3 Å². The Bertz CT molecular complexity index is 702. The van der Waals surface area contributed by atoms with Crippen LogP contribution in [0.25, 0.3) is 0 Å². The van der Waals surface area contributed by atoms with Crippen molar-refractivity contribution in [1.29, 1.82) is 0 Å². The van der Waals surface area contributed by atoms with Gasteiger partial charge in [-0.05, 0) is 37.8 Å². The average molecular weight is 330 g/mol. The van der Waals surface area contributed by atoms with E-state index in [1.807, 2.05) is 12.3 Å². The van der Waals surface area contributed by atoms with Crippen LogP contribution < -0.4 is 5.32 Å². The number of anilines is 1. The van der Waals surface area contributed by atoms with Gasteiger partial charge in [0.05, 0.1) is 17.9 Å². The molecule has 2 aromatic rings. The third kappa shape index (κ3) is 3.39. The summed E-state index contributed by atoms with van der Waals surface area (Å²) in [4.78, 5) is 34.9. The normalized spacial score (nSPS) is 17.8. The first-order valence-corrected chi connectivity index (χ1v) is 8.46. The van der Waals surface area contributed by atoms with Crippen LogP contribution in [-0.4, -0.2) is 33.2 Å². The number of piperidine rings is 1. The molecule has 0 bridgehead atoms. The Balaban J connectivity index is 1.75. The summed E-state index contributed by atoms with van der Waals surface area (Å²) in [7, 11) is 0. The molecule has 23 heavy (non-hydrogen) atoms. The van der Waals surface area contributed by atoms with E-state index < -0.39 is 11.8 Å². The number of aryl methyl sites for hydroxylation is 1. The lowest BCUT2D eigenvalue weighted by atomic mass is 10.0. The Morgan fingerprint density at radius 3 is 2.96 bits per heavy atom. The quantitative estimate of drug-likeness (QED) is 0.859. The fourth-order valence-electron chi connectivity index (χ4n) is 2.73. The van der Waals surface area contributed by atoms with Crippen molar-refractivity contribution in [3.8, 4) is 0 Å². The molecule has 120 valence electrons. The molecule has 2 amide bonds. The highest BCUT2D eigenvalue weighted by molar-refractivity contribution is 7.09. The third-order valence-electron chi connectivity index (χ3n) is 3.98. The van der Waals surface area contributed by atoms with Crippen LogP contribution in [0.4, 0.5) is 5.69 Å². The molecule has 1 aliphatic heterocycles. The minimum Gasteiger partial charge on any atom is -0.325 e. The van der Waals surface area contributed by atoms with Crippen LogP contribution in [0, 0.1) is 6.92 Å². The van der Waals surface area contributed by atoms with Crippen molar-refractivity contribution in [2.75, 3.05) is 11.9 Å². The van der Waals surface area contributed by atoms with Crippen molar-refractivity contribution in [3.05, 3.63) is 40.6 Å². The van der Waals surface area contributed by atoms with Crippen LogP contribution in [-0.2, 0) is 9.59 Å². The topological polar surface area (TPSA) is 75.2 Å². The van der Waals surface area contributed by atoms with Crippen LogP contribution in [0.1, 0.15) is 35.9 Å². The molecule has 6 nitrogen and oxygen atoms in total. The molecule has 0 aliphatic carbocycles. The largest absolute Gasteiger partial charge is 0.325 e. The zero-order chi connectivity index (χ0) is 16.2. The monoisotopic (exact) mass is 330 g/mol. The number of pyridine rings is 1. The van der Waals surface area contributed by atoms with Gasteiger partial charge in [0.2, 0.25) is 0 Å². The molecule has 0 aromatic carbocycles. The number of hydrogen-bond acceptors (Lipinski definition) is 5. The summed E-state index contributed by atoms with van der Waals surface area (Å²) >= 11 is 1.52. The molecule has 1 atom stereocenters. The molecule has 0 spiro atoms. The summed E-state index contributed by atoms with van der Waals surface area (Å²) < 4.78 is 0. The zero-order valence-electron chi connectivity index (χ0n) is 12.9. The van der Waals surface area contributed by atoms with E-state index in [1.165, 1.54) is 11.3 Å². The first-order valence-electron chi connectivity index (χ1n) is 7.59. The van der Waals surface area contributed by atoms with Crippen LogP contribution in [0.3, 0.4) is 0 Å². The fourth-order valence-corrected chi connectivity index (χ4v) is 3.52. The molecule has 7 heteroatoms. The number of carbonyl (C=O) groups is 2. The van der Waals surface area contributed by atoms with Gasteiger partial charge in [-0.25, -0.2) is 4.98 Å². The summed E-state index contributed by atoms with van der Waals surface area (Å²) in [5.74, 6) is -1.13. The molecule has 3 heterocycles. The lowest BCUT2D eigenvalue weighted by molar-refractivity contribution is -0.145. The Hall–Kier alpha value is -2.28. The van der Waals surface area contributed by atoms with E-state index in [4.69, 9.17) is 0 Å². The molecule has 1 N–H and O–H groups in total. The van der Waals surface area contributed by atoms with Gasteiger partial charge in [-0.3, -0.25) is 14.6 Å². The van der Waals surface area contributed by atoms with E-state index in [1.54, 1.807) is 29.6 Å². The maximum absolute atomic E-state index is 12.6. The van der Waals surface area contributed by atoms with Gasteiger partial charge in [-0.2, -0.15) is 0 Å². The smallest absolute Gasteiger partial charge is 0.313 e. The van der Waals surface area contributed by atoms with E-state index in [9.17, 15) is 9.59 Å². The predicted molar refractivity (Wildman–Crippen MR) is 88.0 cm³/mol. The Morgan fingerprint density at radius 2 is 2.22 bits per heavy atom. The van der Waals surface area contributed by atoms with Crippen LogP contribution in [0.5, 0.6) is 0 Å². The Kier molecular flexibility index (Phi) is 4.66. The minimum absolute atomic E-state index is 0.100. The lowest BCUT2D eigenvalue weighted by Crippen LogP contribution is -2.44. The molecule has 3 rings (SSSR count). The standard InChI is InChI=1S/C16H18N4O2S/c1-11-5-6-17-10-12(11)19-14(21)16(22)20-8-3-2-4-13(20)15-18-7-9-23-15/h5-7,9-10,13H,2-4,8H2,1H3,(H,19,21)/t13-/m1/s1. The highest BCUT2D eigenvalue weighted by atomic mass is 32.1. The summed E-state index contributed by atoms with van der Waals surface area (Å²) in [6, 6.07) is 1.69. The third-order valence-corrected chi connectivity index (χ3v) is 4.86. The van der Waals surface area contributed by atoms with E-state index in [0.29, 0.717) is 12.2 Å². The zero-order valence-corrected chi connectivity index (χ0v) is 13.7. The molecule has 0 radical (unpaired) electrons. The van der Waals surface area contributed by atoms with Gasteiger partial charge in [0.15, 0.2) is 0 Å². The van der Waals surface area contributed by atoms with Gasteiger partial charge in [0.1, 0.15) is 5.01 Å². The van der Waals surface area contributed by atoms with Gasteiger partial charge in [-0.1, -0.05) is 0 Å². The van der Waals surface area contributed by atoms with Crippen molar-refractivity contribution in [1.82, 2.24) is 14.9 Å². The van der Waals surface area contributed by atoms with Gasteiger partial charge >= 0.3 is 11.8 Å². The van der Waals surface area contributed by atoms with Crippen LogP contribution in [0.2, 0.25) is 0 Å². The second-order valence-electron chi connectivity index (χ2n) is 5.53. The summed E-state index contributed by atoms with van der Waals surface area (Å²) in [6.45, 7) is 2.45. The van der Waals surface area contributed by atoms with Gasteiger partial charge in [-0.15, -0.1) is 11.3 Å². The molecule has 1 saturated heterocycles. The lowest BCUT2D eigenvalue weighted by Gasteiger charge is -2.33. The van der Waals surface area contributed by atoms with E-state index in [-0.39, 0.29) is 6.04 Å². The molecule has 0 unspecified atom stereocenters. The summed E-state index contributed by atoms with van der Waals surface area (Å²) in [6.07, 6.45) is 7.73. The van der Waals surface area contributed by atoms with Crippen molar-refractivity contribution in [2.24, 2.45) is 0 Å². The summed E-state index contributed by atoms with van der Waals surface area (Å²) in [5, 5.41) is 5.45. The van der Waals surface area contributed by atoms with Crippen molar-refractivity contribution in [3.63, 3.8) is 0 Å². The van der Waals surface area contributed by atoms with Crippen LogP contribution in [0.15, 0.2) is 30.0 Å². The van der Waals surface area contributed by atoms with E-state index in [2.05, 4.69) is 15.3 Å². The Morgan fingerprint density at radius 1 is 1.35 bits per heavy atom. The summed E-state index contributed by atoms with van der Waals surface area (Å²) in [5.41, 5.74) is 1.44. The first kappa shape index (κ1) is 15.6. The van der Waals surface area contributed by atoms with E-state index in [0.717, 1.165) is 29.8 Å². The Labute approximate surface area is 138 Å². The van der Waals surface area contributed by atoms with Gasteiger partial charge in [0.25, 0.3) is 0 Å². The molecule has 2 aromatic heterocycles. The van der Waals surface area contributed by atoms with E-state index >= 15 is 0 Å². The molecular weight excluding hydrogens is 312 g/mol. The number of carbonyl (C=O) groups excluding carboxylic acids is 2. The SMILES string of the molecule is Cc1ccncc1NC(=O)C(=O)N1CCCC[C@@H]1c1nccs1. The number of amides is 2. The molecule has 1 fully saturated rings. The predicted octanol–water partition coefficient (Wildman–Crippen LogP) is 2.54. The maximum Gasteiger partial charge on any atom is 0.313 e. The van der Waals surface area contributed by atoms with Crippen molar-refractivity contribution >= 4 is 28.8 Å². The highest BCUT2D eigenvalue weighted by Crippen LogP contribution is 2.32. The second kappa shape index (κ2) is 6.87. The number of rotatable bonds is 2. The van der Waals surface area contributed by atoms with Crippen molar-refractivity contribution < 1.29 is 9.59 Å². The fraction of sp³-hybridized carbons (Fsp3) is 0.375. The van der Waals surface area contributed by atoms with Crippen molar-refractivity contribution in [2.45, 2.75) is 32.2 Å². The number of nitrogens with zero attached hydrogens (tertiary/aromatic N) is 3. The first-order chi connectivity index (χ1) is 11.2. The molecule has 1 aliphatic rings. The average Bonchev–Trinajstić information content (AvgIpc) is 3.10. The van der Waals surface area contributed by atoms with Crippen LogP contribution >= 0.6 is 11.3 Å². The highest BCUT2D eigenvalue weighted by Gasteiger charge is 2.33. The number of hydrogen-bond donors (Lipinski definition) is 1. The molecular formula is C16H18N4O2S. The molecule has 0 saturated carbocycles. The number of likely N-dealkylation sites (tertiary alicyclic amines) is 1. The van der Waals surface area contributed by atoms with Gasteiger partial charge < -0.3 is 10.2 Å². The maximum atomic E-state index is 12.6. The second-order valence-corrected chi connectivity index (χ2v) is 6.45.